The van der Waals surface area contributed by atoms with Crippen LogP contribution in [-0.4, -0.2) is 4.98 Å². The van der Waals surface area contributed by atoms with Crippen LogP contribution >= 0.6 is 31.8 Å². The van der Waals surface area contributed by atoms with Crippen LogP contribution in [-0.2, 0) is 0 Å². The SMILES string of the molecule is C.C.Cc1cc(C)nc(C)c1.F[P-](F)(F)(F)(F)F.I. The molecular formula is C10H20F6INP-. The van der Waals surface area contributed by atoms with E-state index in [1.54, 1.807) is 0 Å². The summed E-state index contributed by atoms with van der Waals surface area (Å²) in [6, 6.07) is 4.15. The number of nitrogens with zero attached hydrogens (tertiary/aromatic N) is 1. The molecule has 0 saturated carbocycles. The Bertz CT molecular complexity index is 327. The maximum absolute atomic E-state index is 10.7. The quantitative estimate of drug-likeness (QED) is 0.241. The van der Waals surface area contributed by atoms with E-state index in [4.69, 9.17) is 0 Å². The zero-order valence-corrected chi connectivity index (χ0v) is 12.4. The first-order valence-electron chi connectivity index (χ1n) is 4.12. The van der Waals surface area contributed by atoms with Crippen molar-refractivity contribution in [2.75, 3.05) is 0 Å². The van der Waals surface area contributed by atoms with E-state index < -0.39 is 7.81 Å². The molecule has 0 aliphatic rings. The molecular weight excluding hydrogens is 406 g/mol. The van der Waals surface area contributed by atoms with E-state index in [0.29, 0.717) is 0 Å². The average Bonchev–Trinajstić information content (AvgIpc) is 1.73. The molecule has 0 fully saturated rings. The van der Waals surface area contributed by atoms with Crippen molar-refractivity contribution in [3.63, 3.8) is 0 Å². The number of hydrogen-bond acceptors (Lipinski definition) is 1. The normalized spacial score (nSPS) is 13.1. The van der Waals surface area contributed by atoms with Gasteiger partial charge in [-0.25, -0.2) is 0 Å². The second kappa shape index (κ2) is 7.06. The first-order chi connectivity index (χ1) is 6.63. The summed E-state index contributed by atoms with van der Waals surface area (Å²) in [7, 11) is -10.7. The maximum Gasteiger partial charge on any atom is -0.107 e. The van der Waals surface area contributed by atoms with Gasteiger partial charge in [0.15, 0.2) is 0 Å². The van der Waals surface area contributed by atoms with Gasteiger partial charge in [-0.2, -0.15) is 0 Å². The molecule has 1 heterocycles. The van der Waals surface area contributed by atoms with Crippen LogP contribution in [0, 0.1) is 20.8 Å². The van der Waals surface area contributed by atoms with E-state index in [1.165, 1.54) is 5.56 Å². The number of hydrogen-bond donors (Lipinski definition) is 0. The molecule has 0 N–H and O–H groups in total. The third kappa shape index (κ3) is 32.0. The molecule has 1 nitrogen and oxygen atoms in total. The fraction of sp³-hybridized carbons (Fsp3) is 0.500. The molecule has 1 aromatic heterocycles. The molecule has 0 amide bonds. The van der Waals surface area contributed by atoms with E-state index in [2.05, 4.69) is 24.0 Å². The monoisotopic (exact) mass is 426 g/mol. The molecule has 19 heavy (non-hydrogen) atoms. The molecule has 0 unspecified atom stereocenters. The predicted octanol–water partition coefficient (Wildman–Crippen LogP) is 7.28. The van der Waals surface area contributed by atoms with Crippen LogP contribution in [0.2, 0.25) is 0 Å². The number of aromatic nitrogens is 1. The van der Waals surface area contributed by atoms with Gasteiger partial charge in [-0.1, -0.05) is 14.9 Å². The third-order valence-electron chi connectivity index (χ3n) is 1.23. The van der Waals surface area contributed by atoms with E-state index in [-0.39, 0.29) is 38.8 Å². The number of pyridine rings is 1. The van der Waals surface area contributed by atoms with E-state index in [0.717, 1.165) is 11.4 Å². The second-order valence-corrected chi connectivity index (χ2v) is 5.30. The molecule has 0 bridgehead atoms. The molecule has 0 saturated heterocycles. The van der Waals surface area contributed by atoms with Crippen LogP contribution in [0.4, 0.5) is 25.2 Å². The van der Waals surface area contributed by atoms with Gasteiger partial charge in [-0.05, 0) is 38.5 Å². The number of halogens is 7. The van der Waals surface area contributed by atoms with Crippen LogP contribution in [0.5, 0.6) is 0 Å². The molecule has 0 spiro atoms. The topological polar surface area (TPSA) is 12.9 Å². The molecule has 0 radical (unpaired) electrons. The van der Waals surface area contributed by atoms with Gasteiger partial charge in [0.1, 0.15) is 0 Å². The Balaban J connectivity index is -0.000000105. The van der Waals surface area contributed by atoms with Gasteiger partial charge in [0.2, 0.25) is 0 Å². The smallest absolute Gasteiger partial charge is 0.107 e. The van der Waals surface area contributed by atoms with Crippen molar-refractivity contribution < 1.29 is 25.2 Å². The Morgan fingerprint density at radius 1 is 0.789 bits per heavy atom. The Labute approximate surface area is 127 Å². The first-order valence-corrected chi connectivity index (χ1v) is 6.14. The van der Waals surface area contributed by atoms with Crippen molar-refractivity contribution >= 4 is 31.8 Å². The summed E-state index contributed by atoms with van der Waals surface area (Å²) in [4.78, 5) is 4.23. The van der Waals surface area contributed by atoms with Gasteiger partial charge in [0.25, 0.3) is 0 Å². The molecule has 1 aromatic rings. The van der Waals surface area contributed by atoms with Gasteiger partial charge < -0.3 is 0 Å². The molecule has 9 heteroatoms. The van der Waals surface area contributed by atoms with Crippen molar-refractivity contribution in [2.45, 2.75) is 35.6 Å². The predicted molar refractivity (Wildman–Crippen MR) is 80.9 cm³/mol. The third-order valence-corrected chi connectivity index (χ3v) is 1.23. The minimum atomic E-state index is -10.7. The summed E-state index contributed by atoms with van der Waals surface area (Å²) in [5.41, 5.74) is 3.50. The van der Waals surface area contributed by atoms with Crippen LogP contribution in [0.3, 0.4) is 0 Å². The molecule has 0 aliphatic carbocycles. The summed E-state index contributed by atoms with van der Waals surface area (Å²) in [5.74, 6) is 0. The molecule has 1 rings (SSSR count). The van der Waals surface area contributed by atoms with Crippen molar-refractivity contribution in [3.05, 3.63) is 29.1 Å². The molecule has 120 valence electrons. The minimum absolute atomic E-state index is 0. The van der Waals surface area contributed by atoms with E-state index in [9.17, 15) is 25.2 Å². The molecule has 0 atom stereocenters. The largest absolute Gasteiger partial charge is 0.107 e. The van der Waals surface area contributed by atoms with Gasteiger partial charge in [-0.3, -0.25) is 4.98 Å². The summed E-state index contributed by atoms with van der Waals surface area (Å²) >= 11 is 0. The number of rotatable bonds is 0. The Morgan fingerprint density at radius 2 is 1.00 bits per heavy atom. The van der Waals surface area contributed by atoms with Crippen LogP contribution in [0.25, 0.3) is 0 Å². The second-order valence-electron chi connectivity index (χ2n) is 3.39. The Morgan fingerprint density at radius 3 is 1.16 bits per heavy atom. The summed E-state index contributed by atoms with van der Waals surface area (Å²) in [5, 5.41) is 0. The zero-order chi connectivity index (χ0) is 13.3. The van der Waals surface area contributed by atoms with Gasteiger partial charge in [-0.15, -0.1) is 24.0 Å². The fourth-order valence-corrected chi connectivity index (χ4v) is 1.04. The van der Waals surface area contributed by atoms with Crippen LogP contribution < -0.4 is 0 Å². The standard InChI is InChI=1S/C8H11N.2CH4.F6P.HI/c1-6-4-7(2)9-8(3)5-6;;;1-7(2,3,4,5)6;/h4-5H,1-3H3;2*1H4;;1H/q;;;-1;. The fourth-order valence-electron chi connectivity index (χ4n) is 1.04. The van der Waals surface area contributed by atoms with Gasteiger partial charge in [0, 0.05) is 11.4 Å². The van der Waals surface area contributed by atoms with Crippen LogP contribution in [0.15, 0.2) is 12.1 Å². The Kier molecular flexibility index (Phi) is 10.1. The first kappa shape index (κ1) is 27.3. The van der Waals surface area contributed by atoms with Gasteiger partial charge >= 0.3 is 33.0 Å². The van der Waals surface area contributed by atoms with E-state index >= 15 is 0 Å². The van der Waals surface area contributed by atoms with Crippen molar-refractivity contribution in [2.24, 2.45) is 0 Å². The zero-order valence-electron chi connectivity index (χ0n) is 9.23. The van der Waals surface area contributed by atoms with Gasteiger partial charge in [0.05, 0.1) is 0 Å². The average molecular weight is 426 g/mol. The summed E-state index contributed by atoms with van der Waals surface area (Å²) in [6.07, 6.45) is 0. The summed E-state index contributed by atoms with van der Waals surface area (Å²) in [6.45, 7) is 6.11. The Hall–Kier alpha value is -0.110. The maximum atomic E-state index is 9.87. The number of aryl methyl sites for hydroxylation is 3. The summed E-state index contributed by atoms with van der Waals surface area (Å²) < 4.78 is 59.2. The van der Waals surface area contributed by atoms with Crippen molar-refractivity contribution in [1.82, 2.24) is 4.98 Å². The van der Waals surface area contributed by atoms with E-state index in [1.807, 2.05) is 13.8 Å². The minimum Gasteiger partial charge on any atom is -0.107 e. The van der Waals surface area contributed by atoms with Crippen molar-refractivity contribution in [1.29, 1.82) is 0 Å². The molecule has 0 aliphatic heterocycles. The van der Waals surface area contributed by atoms with Crippen molar-refractivity contribution in [3.8, 4) is 0 Å². The molecule has 0 aromatic carbocycles. The van der Waals surface area contributed by atoms with Crippen LogP contribution in [0.1, 0.15) is 31.8 Å².